The van der Waals surface area contributed by atoms with Gasteiger partial charge in [0.1, 0.15) is 30.7 Å². The summed E-state index contributed by atoms with van der Waals surface area (Å²) in [4.78, 5) is 63.3. The van der Waals surface area contributed by atoms with Gasteiger partial charge in [-0.2, -0.15) is 0 Å². The van der Waals surface area contributed by atoms with E-state index in [2.05, 4.69) is 31.9 Å². The Hall–Kier alpha value is -7.93. The maximum Gasteiger partial charge on any atom is 0.337 e. The zero-order valence-corrected chi connectivity index (χ0v) is 38.5. The second-order valence-corrected chi connectivity index (χ2v) is 15.6. The lowest BCUT2D eigenvalue weighted by atomic mass is 10.0. The first kappa shape index (κ1) is 50.5. The highest BCUT2D eigenvalue weighted by molar-refractivity contribution is 6.00. The number of aromatic nitrogens is 1. The van der Waals surface area contributed by atoms with E-state index < -0.39 is 23.8 Å². The number of methoxy groups -OCH3 is 2. The summed E-state index contributed by atoms with van der Waals surface area (Å²) < 4.78 is 24.3. The fourth-order valence-corrected chi connectivity index (χ4v) is 7.36. The van der Waals surface area contributed by atoms with Gasteiger partial charge in [-0.25, -0.2) is 4.79 Å². The van der Waals surface area contributed by atoms with E-state index in [1.54, 1.807) is 50.6 Å². The quantitative estimate of drug-likeness (QED) is 0.0226. The number of ether oxygens (including phenoxy) is 4. The molecule has 9 N–H and O–H groups in total. The molecule has 0 radical (unpaired) electrons. The van der Waals surface area contributed by atoms with Crippen molar-refractivity contribution in [1.29, 1.82) is 0 Å². The number of nitrogens with zero attached hydrogens (tertiary/aromatic N) is 1. The second-order valence-electron chi connectivity index (χ2n) is 15.6. The van der Waals surface area contributed by atoms with Gasteiger partial charge in [-0.05, 0) is 103 Å². The number of fused-ring (bicyclic) bond motifs is 1. The summed E-state index contributed by atoms with van der Waals surface area (Å²) in [6.07, 6.45) is 3.48. The normalized spacial score (nSPS) is 11.3. The molecule has 1 aromatic heterocycles. The monoisotopic (exact) mass is 942 g/mol. The number of carboxylic acid groups (broad SMARTS) is 1. The number of para-hydroxylation sites is 3. The van der Waals surface area contributed by atoms with Crippen LogP contribution in [0.3, 0.4) is 0 Å². The molecule has 6 aromatic rings. The van der Waals surface area contributed by atoms with Crippen LogP contribution in [0.15, 0.2) is 121 Å². The fourth-order valence-electron chi connectivity index (χ4n) is 7.36. The van der Waals surface area contributed by atoms with E-state index >= 15 is 0 Å². The molecule has 5 aromatic carbocycles. The first-order valence-electron chi connectivity index (χ1n) is 22.4. The molecule has 6 rings (SSSR count). The molecule has 0 aliphatic carbocycles. The van der Waals surface area contributed by atoms with Crippen molar-refractivity contribution >= 4 is 63.3 Å². The predicted molar refractivity (Wildman–Crippen MR) is 263 cm³/mol. The van der Waals surface area contributed by atoms with Crippen LogP contribution in [0.1, 0.15) is 40.0 Å². The molecule has 0 aliphatic heterocycles. The van der Waals surface area contributed by atoms with Crippen molar-refractivity contribution in [3.63, 3.8) is 0 Å². The van der Waals surface area contributed by atoms with Crippen molar-refractivity contribution in [2.45, 2.75) is 31.8 Å². The molecular weight excluding hydrogens is 885 g/mol. The smallest absolute Gasteiger partial charge is 0.337 e. The molecule has 0 aliphatic rings. The Kier molecular flexibility index (Phi) is 18.9. The van der Waals surface area contributed by atoms with E-state index in [4.69, 9.17) is 24.7 Å². The highest BCUT2D eigenvalue weighted by atomic mass is 16.5. The number of unbranched alkanes of at least 4 members (excludes halogenated alkanes) is 1. The number of amides is 4. The minimum Gasteiger partial charge on any atom is -0.495 e. The summed E-state index contributed by atoms with van der Waals surface area (Å²) in [5.74, 6) is -1.54. The number of hydrogen-bond donors (Lipinski definition) is 8. The van der Waals surface area contributed by atoms with Crippen molar-refractivity contribution in [3.05, 3.63) is 133 Å². The van der Waals surface area contributed by atoms with Crippen molar-refractivity contribution < 1.29 is 48.0 Å². The van der Waals surface area contributed by atoms with Crippen molar-refractivity contribution in [3.8, 4) is 22.6 Å². The average Bonchev–Trinajstić information content (AvgIpc) is 3.77. The number of anilines is 4. The van der Waals surface area contributed by atoms with Crippen LogP contribution in [0.4, 0.5) is 22.7 Å². The molecule has 4 amide bonds. The summed E-state index contributed by atoms with van der Waals surface area (Å²) in [6.45, 7) is 0.781. The molecular formula is C51H58N8O10. The van der Waals surface area contributed by atoms with Crippen LogP contribution in [0.25, 0.3) is 22.0 Å². The van der Waals surface area contributed by atoms with Gasteiger partial charge in [-0.1, -0.05) is 54.6 Å². The van der Waals surface area contributed by atoms with E-state index in [-0.39, 0.29) is 63.6 Å². The molecule has 0 spiro atoms. The van der Waals surface area contributed by atoms with E-state index in [0.717, 1.165) is 22.0 Å². The van der Waals surface area contributed by atoms with Crippen LogP contribution in [0.5, 0.6) is 11.5 Å². The van der Waals surface area contributed by atoms with E-state index in [9.17, 15) is 29.1 Å². The SMILES string of the molecule is COc1cc(-c2ccc(Nc3ccccc3C(=O)NCCOCCOCC(=O)NC(CCCCN)C(=O)NCNC(=O)Cn3ccc4ccccc43)c(OC)c2)ccc1Nc1ccccc1C(=O)O. The topological polar surface area (TPSA) is 246 Å². The van der Waals surface area contributed by atoms with Crippen LogP contribution < -0.4 is 47.1 Å². The number of aromatic carboxylic acids is 1. The second kappa shape index (κ2) is 25.8. The van der Waals surface area contributed by atoms with Gasteiger partial charge in [0.05, 0.1) is 74.6 Å². The lowest BCUT2D eigenvalue weighted by molar-refractivity contribution is -0.132. The van der Waals surface area contributed by atoms with E-state index in [0.29, 0.717) is 65.6 Å². The molecule has 0 fully saturated rings. The standard InChI is InChI=1S/C51H58N8O10/c1-66-45-29-35(36-19-21-42(46(30-36)67-2)57-40-15-7-5-13-38(40)51(64)65)18-20-41(45)56-39-14-6-4-12-37(39)49(62)53-24-26-68-27-28-69-32-48(61)58-43(16-9-10-23-52)50(63)55-33-54-47(60)31-59-25-22-34-11-3-8-17-44(34)59/h3-8,11-15,17-22,25,29-30,43,56-57H,9-10,16,23-24,26-28,31-33,52H2,1-2H3,(H,53,62)(H,54,60)(H,55,63)(H,58,61)(H,64,65). The number of carboxylic acids is 1. The predicted octanol–water partition coefficient (Wildman–Crippen LogP) is 5.78. The van der Waals surface area contributed by atoms with Gasteiger partial charge < -0.3 is 66.3 Å². The Morgan fingerprint density at radius 3 is 1.94 bits per heavy atom. The molecule has 1 atom stereocenters. The Morgan fingerprint density at radius 2 is 1.28 bits per heavy atom. The van der Waals surface area contributed by atoms with Crippen molar-refractivity contribution in [1.82, 2.24) is 25.8 Å². The Bertz CT molecular complexity index is 2710. The third-order valence-corrected chi connectivity index (χ3v) is 10.9. The molecule has 0 bridgehead atoms. The van der Waals surface area contributed by atoms with Crippen LogP contribution in [0, 0.1) is 0 Å². The first-order valence-corrected chi connectivity index (χ1v) is 22.4. The number of nitrogens with two attached hydrogens (primary N) is 1. The van der Waals surface area contributed by atoms with Gasteiger partial charge in [-0.3, -0.25) is 19.2 Å². The van der Waals surface area contributed by atoms with Gasteiger partial charge in [-0.15, -0.1) is 0 Å². The number of carbonyl (C=O) groups is 5. The largest absolute Gasteiger partial charge is 0.495 e. The third kappa shape index (κ3) is 14.5. The molecule has 18 nitrogen and oxygen atoms in total. The van der Waals surface area contributed by atoms with Gasteiger partial charge in [0, 0.05) is 18.3 Å². The summed E-state index contributed by atoms with van der Waals surface area (Å²) in [7, 11) is 3.10. The number of rotatable bonds is 27. The van der Waals surface area contributed by atoms with E-state index in [1.807, 2.05) is 83.6 Å². The van der Waals surface area contributed by atoms with Crippen LogP contribution in [0.2, 0.25) is 0 Å². The summed E-state index contributed by atoms with van der Waals surface area (Å²) in [5, 5.41) is 28.1. The van der Waals surface area contributed by atoms with Crippen LogP contribution in [-0.4, -0.2) is 106 Å². The van der Waals surface area contributed by atoms with Gasteiger partial charge in [0.2, 0.25) is 17.7 Å². The van der Waals surface area contributed by atoms with Crippen molar-refractivity contribution in [2.24, 2.45) is 5.73 Å². The lowest BCUT2D eigenvalue weighted by Gasteiger charge is -2.19. The number of nitrogens with one attached hydrogen (secondary N) is 6. The summed E-state index contributed by atoms with van der Waals surface area (Å²) >= 11 is 0. The maximum atomic E-state index is 13.3. The van der Waals surface area contributed by atoms with Gasteiger partial charge in [0.25, 0.3) is 5.91 Å². The van der Waals surface area contributed by atoms with Crippen LogP contribution >= 0.6 is 0 Å². The highest BCUT2D eigenvalue weighted by Crippen LogP contribution is 2.37. The molecule has 0 saturated carbocycles. The Balaban J connectivity index is 0.912. The minimum absolute atomic E-state index is 0.0875. The lowest BCUT2D eigenvalue weighted by Crippen LogP contribution is -2.50. The number of benzene rings is 5. The van der Waals surface area contributed by atoms with Crippen LogP contribution in [-0.2, 0) is 30.4 Å². The molecule has 0 saturated heterocycles. The number of carbonyl (C=O) groups excluding carboxylic acids is 4. The molecule has 1 unspecified atom stereocenters. The Morgan fingerprint density at radius 1 is 0.652 bits per heavy atom. The first-order chi connectivity index (χ1) is 33.6. The van der Waals surface area contributed by atoms with Crippen molar-refractivity contribution in [2.75, 3.05) is 71.0 Å². The minimum atomic E-state index is -1.05. The summed E-state index contributed by atoms with van der Waals surface area (Å²) in [6, 6.07) is 33.7. The summed E-state index contributed by atoms with van der Waals surface area (Å²) in [5.41, 5.74) is 11.0. The third-order valence-electron chi connectivity index (χ3n) is 10.9. The molecule has 18 heteroatoms. The molecule has 69 heavy (non-hydrogen) atoms. The zero-order valence-electron chi connectivity index (χ0n) is 38.5. The maximum absolute atomic E-state index is 13.3. The van der Waals surface area contributed by atoms with Gasteiger partial charge in [0.15, 0.2) is 0 Å². The van der Waals surface area contributed by atoms with Gasteiger partial charge >= 0.3 is 5.97 Å². The molecule has 362 valence electrons. The molecule has 1 heterocycles. The van der Waals surface area contributed by atoms with E-state index in [1.165, 1.54) is 6.07 Å². The zero-order chi connectivity index (χ0) is 49.0. The fraction of sp³-hybridized carbons (Fsp3) is 0.275. The average molecular weight is 943 g/mol. The Labute approximate surface area is 399 Å². The highest BCUT2D eigenvalue weighted by Gasteiger charge is 2.21. The number of hydrogen-bond acceptors (Lipinski definition) is 12.